The van der Waals surface area contributed by atoms with Gasteiger partial charge in [-0.2, -0.15) is 0 Å². The number of fused-ring (bicyclic) bond motifs is 1. The topological polar surface area (TPSA) is 156 Å². The summed E-state index contributed by atoms with van der Waals surface area (Å²) in [7, 11) is 0. The summed E-state index contributed by atoms with van der Waals surface area (Å²) < 4.78 is 36.4. The van der Waals surface area contributed by atoms with Crippen molar-refractivity contribution in [3.63, 3.8) is 0 Å². The molecule has 2 fully saturated rings. The van der Waals surface area contributed by atoms with Crippen LogP contribution < -0.4 is 20.3 Å². The minimum absolute atomic E-state index is 0.139. The Kier molecular flexibility index (Phi) is 12.9. The lowest BCUT2D eigenvalue weighted by Gasteiger charge is -2.32. The lowest BCUT2D eigenvalue weighted by atomic mass is 9.96. The van der Waals surface area contributed by atoms with Crippen molar-refractivity contribution >= 4 is 45.8 Å². The number of anilines is 2. The van der Waals surface area contributed by atoms with E-state index >= 15 is 4.39 Å². The molecule has 5 aromatic rings. The van der Waals surface area contributed by atoms with Crippen LogP contribution in [0.4, 0.5) is 25.0 Å². The van der Waals surface area contributed by atoms with Crippen molar-refractivity contribution in [3.8, 4) is 17.0 Å². The van der Waals surface area contributed by atoms with Gasteiger partial charge in [0.05, 0.1) is 16.9 Å². The molecule has 0 saturated carbocycles. The van der Waals surface area contributed by atoms with E-state index in [9.17, 15) is 23.9 Å². The second-order valence-electron chi connectivity index (χ2n) is 17.4. The standard InChI is InChI=1S/C49H54F2N8O5/c1-30-14-24-59(48(62)54-30)35-9-11-36(12-10-35)64-37-17-20-57(21-18-37)19-6-5-7-44(60)58-22-15-32(16-23-58)43-28-40-45(52-29-53-46(40)55-43)39-26-34(50)27-42(31(39)2)56-47(61)38-13-8-33(25-41(38)51)49(3,4)63/h8-13,15,25-29,37,63H,1,5-7,14,16-24H2,2-4H3,(H,54,62)(H,56,61)(H,52,53,55). The molecule has 5 heterocycles. The van der Waals surface area contributed by atoms with Gasteiger partial charge in [0.25, 0.3) is 5.91 Å². The number of aromatic nitrogens is 3. The zero-order chi connectivity index (χ0) is 45.1. The molecule has 3 aromatic carbocycles. The quantitative estimate of drug-likeness (QED) is 0.0860. The van der Waals surface area contributed by atoms with E-state index in [2.05, 4.69) is 43.1 Å². The molecule has 13 nitrogen and oxygen atoms in total. The molecule has 0 atom stereocenters. The Balaban J connectivity index is 0.808. The Morgan fingerprint density at radius 3 is 2.47 bits per heavy atom. The van der Waals surface area contributed by atoms with Gasteiger partial charge in [-0.1, -0.05) is 18.7 Å². The molecular weight excluding hydrogens is 819 g/mol. The summed E-state index contributed by atoms with van der Waals surface area (Å²) in [6, 6.07) is 15.9. The maximum Gasteiger partial charge on any atom is 0.326 e. The number of halogens is 2. The van der Waals surface area contributed by atoms with Crippen molar-refractivity contribution in [3.05, 3.63) is 119 Å². The summed E-state index contributed by atoms with van der Waals surface area (Å²) in [5.74, 6) is -1.23. The molecule has 2 aromatic heterocycles. The number of ether oxygens (including phenoxy) is 1. The number of nitrogens with zero attached hydrogens (tertiary/aromatic N) is 5. The number of piperidine rings is 1. The number of H-pyrrole nitrogens is 1. The van der Waals surface area contributed by atoms with Gasteiger partial charge in [-0.05, 0) is 131 Å². The lowest BCUT2D eigenvalue weighted by Crippen LogP contribution is -2.45. The van der Waals surface area contributed by atoms with E-state index in [0.717, 1.165) is 86.2 Å². The van der Waals surface area contributed by atoms with E-state index in [0.29, 0.717) is 65.9 Å². The smallest absolute Gasteiger partial charge is 0.326 e. The van der Waals surface area contributed by atoms with Crippen molar-refractivity contribution in [2.45, 2.75) is 77.4 Å². The molecule has 334 valence electrons. The van der Waals surface area contributed by atoms with Gasteiger partial charge in [-0.3, -0.25) is 14.5 Å². The summed E-state index contributed by atoms with van der Waals surface area (Å²) in [5.41, 5.74) is 4.39. The summed E-state index contributed by atoms with van der Waals surface area (Å²) in [6.45, 7) is 13.1. The van der Waals surface area contributed by atoms with Crippen molar-refractivity contribution in [1.82, 2.24) is 30.1 Å². The first kappa shape index (κ1) is 44.2. The van der Waals surface area contributed by atoms with Gasteiger partial charge in [0.15, 0.2) is 0 Å². The third-order valence-corrected chi connectivity index (χ3v) is 12.4. The fourth-order valence-electron chi connectivity index (χ4n) is 8.59. The van der Waals surface area contributed by atoms with Gasteiger partial charge in [0, 0.05) is 79.3 Å². The number of urea groups is 1. The van der Waals surface area contributed by atoms with Crippen LogP contribution in [-0.4, -0.2) is 93.1 Å². The van der Waals surface area contributed by atoms with E-state index in [1.807, 2.05) is 35.2 Å². The first-order chi connectivity index (χ1) is 30.7. The van der Waals surface area contributed by atoms with Crippen LogP contribution in [0.5, 0.6) is 5.75 Å². The predicted octanol–water partition coefficient (Wildman–Crippen LogP) is 8.45. The Labute approximate surface area is 371 Å². The van der Waals surface area contributed by atoms with Crippen LogP contribution in [0.2, 0.25) is 0 Å². The SMILES string of the molecule is C=C1CCN(c2ccc(OC3CCN(CCCCC(=O)N4CC=C(c5cc6c(-c7cc(F)cc(NC(=O)c8ccc(C(C)(C)O)cc8F)c7C)ncnc6[nH]5)CC4)CC3)cc2)C(=O)N1. The molecule has 4 amide bonds. The second-order valence-corrected chi connectivity index (χ2v) is 17.4. The van der Waals surface area contributed by atoms with Crippen molar-refractivity contribution in [2.75, 3.05) is 49.5 Å². The number of carbonyl (C=O) groups excluding carboxylic acids is 3. The van der Waals surface area contributed by atoms with Gasteiger partial charge in [0.2, 0.25) is 5.91 Å². The molecular formula is C49H54F2N8O5. The summed E-state index contributed by atoms with van der Waals surface area (Å²) in [6.07, 6.45) is 9.08. The number of carbonyl (C=O) groups is 3. The van der Waals surface area contributed by atoms with Crippen LogP contribution in [0.3, 0.4) is 0 Å². The molecule has 0 radical (unpaired) electrons. The molecule has 3 aliphatic rings. The average molecular weight is 873 g/mol. The Morgan fingerprint density at radius 1 is 0.984 bits per heavy atom. The summed E-state index contributed by atoms with van der Waals surface area (Å²) in [5, 5.41) is 16.3. The molecule has 0 unspecified atom stereocenters. The number of amides is 4. The number of hydrogen-bond donors (Lipinski definition) is 4. The Bertz CT molecular complexity index is 2610. The highest BCUT2D eigenvalue weighted by Crippen LogP contribution is 2.35. The zero-order valence-electron chi connectivity index (χ0n) is 36.5. The summed E-state index contributed by atoms with van der Waals surface area (Å²) in [4.78, 5) is 57.1. The van der Waals surface area contributed by atoms with Gasteiger partial charge in [-0.25, -0.2) is 23.5 Å². The van der Waals surface area contributed by atoms with Crippen LogP contribution in [0.15, 0.2) is 85.3 Å². The normalized spacial score (nSPS) is 16.5. The molecule has 8 rings (SSSR count). The fourth-order valence-corrected chi connectivity index (χ4v) is 8.59. The number of nitrogens with one attached hydrogen (secondary N) is 3. The van der Waals surface area contributed by atoms with Crippen molar-refractivity contribution < 1.29 is 33.0 Å². The molecule has 2 saturated heterocycles. The maximum absolute atomic E-state index is 15.2. The monoisotopic (exact) mass is 872 g/mol. The highest BCUT2D eigenvalue weighted by Gasteiger charge is 2.26. The molecule has 15 heteroatoms. The molecule has 0 bridgehead atoms. The van der Waals surface area contributed by atoms with Crippen LogP contribution in [0.1, 0.15) is 86.0 Å². The zero-order valence-corrected chi connectivity index (χ0v) is 36.5. The highest BCUT2D eigenvalue weighted by atomic mass is 19.1. The minimum atomic E-state index is -1.29. The van der Waals surface area contributed by atoms with Crippen LogP contribution in [0.25, 0.3) is 27.9 Å². The van der Waals surface area contributed by atoms with E-state index in [4.69, 9.17) is 4.74 Å². The predicted molar refractivity (Wildman–Crippen MR) is 243 cm³/mol. The fraction of sp³-hybridized carbons (Fsp3) is 0.367. The number of unbranched alkanes of at least 4 members (excludes halogenated alkanes) is 1. The highest BCUT2D eigenvalue weighted by molar-refractivity contribution is 6.06. The van der Waals surface area contributed by atoms with E-state index in [1.165, 1.54) is 44.4 Å². The minimum Gasteiger partial charge on any atom is -0.490 e. The number of likely N-dealkylation sites (tertiary alicyclic amines) is 1. The van der Waals surface area contributed by atoms with E-state index < -0.39 is 23.1 Å². The molecule has 64 heavy (non-hydrogen) atoms. The largest absolute Gasteiger partial charge is 0.490 e. The molecule has 0 spiro atoms. The first-order valence-corrected chi connectivity index (χ1v) is 21.9. The van der Waals surface area contributed by atoms with E-state index in [-0.39, 0.29) is 29.3 Å². The van der Waals surface area contributed by atoms with Gasteiger partial charge in [0.1, 0.15) is 35.5 Å². The van der Waals surface area contributed by atoms with Gasteiger partial charge < -0.3 is 35.3 Å². The maximum atomic E-state index is 15.2. The van der Waals surface area contributed by atoms with Crippen LogP contribution >= 0.6 is 0 Å². The Morgan fingerprint density at radius 2 is 1.77 bits per heavy atom. The first-order valence-electron chi connectivity index (χ1n) is 21.9. The number of aliphatic hydroxyl groups is 1. The third-order valence-electron chi connectivity index (χ3n) is 12.4. The van der Waals surface area contributed by atoms with Crippen molar-refractivity contribution in [1.29, 1.82) is 0 Å². The van der Waals surface area contributed by atoms with E-state index in [1.54, 1.807) is 11.8 Å². The number of aromatic amines is 1. The molecule has 3 aliphatic heterocycles. The summed E-state index contributed by atoms with van der Waals surface area (Å²) >= 11 is 0. The number of benzene rings is 3. The third kappa shape index (κ3) is 10.0. The van der Waals surface area contributed by atoms with Crippen molar-refractivity contribution in [2.24, 2.45) is 0 Å². The second kappa shape index (κ2) is 18.7. The number of rotatable bonds is 13. The average Bonchev–Trinajstić information content (AvgIpc) is 3.72. The van der Waals surface area contributed by atoms with Crippen LogP contribution in [-0.2, 0) is 10.4 Å². The van der Waals surface area contributed by atoms with Crippen LogP contribution in [0, 0.1) is 18.6 Å². The van der Waals surface area contributed by atoms with Gasteiger partial charge in [-0.15, -0.1) is 0 Å². The molecule has 0 aliphatic carbocycles. The van der Waals surface area contributed by atoms with Gasteiger partial charge >= 0.3 is 6.03 Å². The molecule has 4 N–H and O–H groups in total. The lowest BCUT2D eigenvalue weighted by molar-refractivity contribution is -0.130. The Hall–Kier alpha value is -6.45. The number of hydrogen-bond acceptors (Lipinski definition) is 8.